The standard InChI is InChI=1S/C17H19Cl2NO/c1-2-10-20-11-13-6-8-14(9-7-13)21-12-15-16(18)4-3-5-17(15)19/h3-9,20H,2,10-12H2,1H3. The van der Waals surface area contributed by atoms with Gasteiger partial charge in [-0.2, -0.15) is 0 Å². The first-order valence-corrected chi connectivity index (χ1v) is 7.81. The smallest absolute Gasteiger partial charge is 0.119 e. The van der Waals surface area contributed by atoms with Crippen LogP contribution < -0.4 is 10.1 Å². The molecular formula is C17H19Cl2NO. The average Bonchev–Trinajstić information content (AvgIpc) is 2.48. The predicted molar refractivity (Wildman–Crippen MR) is 89.2 cm³/mol. The molecule has 0 radical (unpaired) electrons. The molecule has 0 aliphatic carbocycles. The van der Waals surface area contributed by atoms with E-state index in [1.807, 2.05) is 30.3 Å². The van der Waals surface area contributed by atoms with Crippen molar-refractivity contribution in [3.63, 3.8) is 0 Å². The summed E-state index contributed by atoms with van der Waals surface area (Å²) < 4.78 is 5.75. The molecule has 0 unspecified atom stereocenters. The van der Waals surface area contributed by atoms with Gasteiger partial charge in [0.2, 0.25) is 0 Å². The van der Waals surface area contributed by atoms with Crippen LogP contribution in [0.15, 0.2) is 42.5 Å². The topological polar surface area (TPSA) is 21.3 Å². The summed E-state index contributed by atoms with van der Waals surface area (Å²) in [5, 5.41) is 4.62. The Labute approximate surface area is 136 Å². The Balaban J connectivity index is 1.92. The van der Waals surface area contributed by atoms with Crippen LogP contribution in [0.4, 0.5) is 0 Å². The van der Waals surface area contributed by atoms with Crippen molar-refractivity contribution in [1.82, 2.24) is 5.32 Å². The average molecular weight is 324 g/mol. The van der Waals surface area contributed by atoms with Gasteiger partial charge in [-0.25, -0.2) is 0 Å². The van der Waals surface area contributed by atoms with Crippen molar-refractivity contribution in [2.75, 3.05) is 6.54 Å². The van der Waals surface area contributed by atoms with E-state index < -0.39 is 0 Å². The number of benzene rings is 2. The van der Waals surface area contributed by atoms with Gasteiger partial charge in [0.1, 0.15) is 12.4 Å². The van der Waals surface area contributed by atoms with Crippen LogP contribution in [0.3, 0.4) is 0 Å². The zero-order chi connectivity index (χ0) is 15.1. The molecule has 0 aromatic heterocycles. The lowest BCUT2D eigenvalue weighted by Crippen LogP contribution is -2.13. The Kier molecular flexibility index (Phi) is 6.37. The second kappa shape index (κ2) is 8.28. The second-order valence-corrected chi connectivity index (χ2v) is 5.62. The highest BCUT2D eigenvalue weighted by Crippen LogP contribution is 2.25. The minimum absolute atomic E-state index is 0.367. The lowest BCUT2D eigenvalue weighted by Gasteiger charge is -2.10. The minimum Gasteiger partial charge on any atom is -0.489 e. The summed E-state index contributed by atoms with van der Waals surface area (Å²) in [6, 6.07) is 13.5. The van der Waals surface area contributed by atoms with Crippen LogP contribution in [0.1, 0.15) is 24.5 Å². The molecule has 0 saturated heterocycles. The first-order chi connectivity index (χ1) is 10.2. The van der Waals surface area contributed by atoms with Gasteiger partial charge in [-0.1, -0.05) is 48.3 Å². The van der Waals surface area contributed by atoms with E-state index in [9.17, 15) is 0 Å². The molecule has 1 N–H and O–H groups in total. The third-order valence-electron chi connectivity index (χ3n) is 3.12. The van der Waals surface area contributed by atoms with Gasteiger partial charge in [-0.15, -0.1) is 0 Å². The Hall–Kier alpha value is -1.22. The summed E-state index contributed by atoms with van der Waals surface area (Å²) in [6.07, 6.45) is 1.14. The Morgan fingerprint density at radius 1 is 1.00 bits per heavy atom. The van der Waals surface area contributed by atoms with Crippen LogP contribution in [0, 0.1) is 0 Å². The van der Waals surface area contributed by atoms with Crippen LogP contribution in [0.5, 0.6) is 5.75 Å². The van der Waals surface area contributed by atoms with Gasteiger partial charge in [-0.3, -0.25) is 0 Å². The molecule has 0 saturated carbocycles. The molecule has 0 spiro atoms. The maximum absolute atomic E-state index is 6.12. The van der Waals surface area contributed by atoms with Crippen molar-refractivity contribution in [2.24, 2.45) is 0 Å². The molecule has 21 heavy (non-hydrogen) atoms. The third kappa shape index (κ3) is 4.92. The summed E-state index contributed by atoms with van der Waals surface area (Å²) in [5.74, 6) is 0.810. The minimum atomic E-state index is 0.367. The monoisotopic (exact) mass is 323 g/mol. The molecule has 0 aliphatic heterocycles. The lowest BCUT2D eigenvalue weighted by atomic mass is 10.2. The molecule has 0 fully saturated rings. The Morgan fingerprint density at radius 3 is 2.29 bits per heavy atom. The van der Waals surface area contributed by atoms with Gasteiger partial charge < -0.3 is 10.1 Å². The number of hydrogen-bond acceptors (Lipinski definition) is 2. The van der Waals surface area contributed by atoms with Gasteiger partial charge in [0, 0.05) is 22.2 Å². The van der Waals surface area contributed by atoms with Crippen LogP contribution in [-0.4, -0.2) is 6.54 Å². The Bertz CT molecular complexity index is 549. The molecule has 0 heterocycles. The maximum Gasteiger partial charge on any atom is 0.119 e. The van der Waals surface area contributed by atoms with Gasteiger partial charge in [0.15, 0.2) is 0 Å². The highest BCUT2D eigenvalue weighted by molar-refractivity contribution is 6.35. The summed E-state index contributed by atoms with van der Waals surface area (Å²) in [6.45, 7) is 4.43. The molecule has 0 amide bonds. The molecule has 2 aromatic carbocycles. The highest BCUT2D eigenvalue weighted by atomic mass is 35.5. The van der Waals surface area contributed by atoms with E-state index in [0.717, 1.165) is 30.8 Å². The van der Waals surface area contributed by atoms with E-state index >= 15 is 0 Å². The number of ether oxygens (including phenoxy) is 1. The fourth-order valence-corrected chi connectivity index (χ4v) is 2.45. The molecule has 0 aliphatic rings. The van der Waals surface area contributed by atoms with Gasteiger partial charge >= 0.3 is 0 Å². The molecule has 2 rings (SSSR count). The second-order valence-electron chi connectivity index (χ2n) is 4.81. The quantitative estimate of drug-likeness (QED) is 0.718. The van der Waals surface area contributed by atoms with Crippen molar-refractivity contribution in [2.45, 2.75) is 26.5 Å². The largest absolute Gasteiger partial charge is 0.489 e. The Morgan fingerprint density at radius 2 is 1.67 bits per heavy atom. The van der Waals surface area contributed by atoms with E-state index in [-0.39, 0.29) is 0 Å². The number of rotatable bonds is 7. The number of halogens is 2. The SMILES string of the molecule is CCCNCc1ccc(OCc2c(Cl)cccc2Cl)cc1. The van der Waals surface area contributed by atoms with Gasteiger partial charge in [0.05, 0.1) is 0 Å². The van der Waals surface area contributed by atoms with E-state index in [2.05, 4.69) is 24.4 Å². The number of nitrogens with one attached hydrogen (secondary N) is 1. The third-order valence-corrected chi connectivity index (χ3v) is 3.83. The summed E-state index contributed by atoms with van der Waals surface area (Å²) in [5.41, 5.74) is 2.06. The summed E-state index contributed by atoms with van der Waals surface area (Å²) in [4.78, 5) is 0. The van der Waals surface area contributed by atoms with E-state index in [1.54, 1.807) is 0 Å². The van der Waals surface area contributed by atoms with Crippen molar-refractivity contribution in [1.29, 1.82) is 0 Å². The van der Waals surface area contributed by atoms with Crippen LogP contribution in [0.2, 0.25) is 10.0 Å². The first-order valence-electron chi connectivity index (χ1n) is 7.06. The molecule has 112 valence electrons. The molecule has 4 heteroatoms. The highest BCUT2D eigenvalue weighted by Gasteiger charge is 2.06. The fraction of sp³-hybridized carbons (Fsp3) is 0.294. The van der Waals surface area contributed by atoms with Crippen molar-refractivity contribution in [3.8, 4) is 5.75 Å². The van der Waals surface area contributed by atoms with E-state index in [1.165, 1.54) is 5.56 Å². The van der Waals surface area contributed by atoms with E-state index in [0.29, 0.717) is 16.7 Å². The van der Waals surface area contributed by atoms with Crippen molar-refractivity contribution < 1.29 is 4.74 Å². The van der Waals surface area contributed by atoms with Gasteiger partial charge in [-0.05, 0) is 42.8 Å². The van der Waals surface area contributed by atoms with Crippen molar-refractivity contribution in [3.05, 3.63) is 63.6 Å². The maximum atomic E-state index is 6.12. The molecular weight excluding hydrogens is 305 g/mol. The molecule has 0 bridgehead atoms. The molecule has 2 nitrogen and oxygen atoms in total. The predicted octanol–water partition coefficient (Wildman–Crippen LogP) is 5.07. The van der Waals surface area contributed by atoms with Crippen molar-refractivity contribution >= 4 is 23.2 Å². The molecule has 2 aromatic rings. The van der Waals surface area contributed by atoms with Crippen LogP contribution in [-0.2, 0) is 13.2 Å². The van der Waals surface area contributed by atoms with Crippen LogP contribution >= 0.6 is 23.2 Å². The first kappa shape index (κ1) is 16.2. The molecule has 0 atom stereocenters. The summed E-state index contributed by atoms with van der Waals surface area (Å²) >= 11 is 12.2. The zero-order valence-electron chi connectivity index (χ0n) is 12.0. The van der Waals surface area contributed by atoms with Gasteiger partial charge in [0.25, 0.3) is 0 Å². The van der Waals surface area contributed by atoms with E-state index in [4.69, 9.17) is 27.9 Å². The zero-order valence-corrected chi connectivity index (χ0v) is 13.5. The lowest BCUT2D eigenvalue weighted by molar-refractivity contribution is 0.306. The van der Waals surface area contributed by atoms with Crippen LogP contribution in [0.25, 0.3) is 0 Å². The fourth-order valence-electron chi connectivity index (χ4n) is 1.94. The number of hydrogen-bond donors (Lipinski definition) is 1. The summed E-state index contributed by atoms with van der Waals surface area (Å²) in [7, 11) is 0. The normalized spacial score (nSPS) is 10.6.